The van der Waals surface area contributed by atoms with Gasteiger partial charge >= 0.3 is 0 Å². The van der Waals surface area contributed by atoms with Gasteiger partial charge in [-0.25, -0.2) is 4.39 Å². The van der Waals surface area contributed by atoms with E-state index >= 15 is 0 Å². The van der Waals surface area contributed by atoms with Crippen molar-refractivity contribution in [2.45, 2.75) is 12.5 Å². The maximum atomic E-state index is 13.4. The smallest absolute Gasteiger partial charge is 0.262 e. The first-order valence-corrected chi connectivity index (χ1v) is 9.60. The van der Waals surface area contributed by atoms with E-state index in [1.54, 1.807) is 24.3 Å². The number of hydrogen-bond donors (Lipinski definition) is 1. The van der Waals surface area contributed by atoms with Crippen molar-refractivity contribution in [3.63, 3.8) is 0 Å². The SMILES string of the molecule is O=C(Nc1ccc(F)c(Cl)c1)C(Cc1ccccc1)N1C(=O)c2ccccc2C1=O. The van der Waals surface area contributed by atoms with Crippen LogP contribution in [0.25, 0.3) is 0 Å². The Bertz CT molecular complexity index is 1120. The summed E-state index contributed by atoms with van der Waals surface area (Å²) in [6, 6.07) is 18.2. The molecule has 0 radical (unpaired) electrons. The Labute approximate surface area is 177 Å². The molecule has 1 N–H and O–H groups in total. The highest BCUT2D eigenvalue weighted by molar-refractivity contribution is 6.31. The van der Waals surface area contributed by atoms with Gasteiger partial charge in [-0.1, -0.05) is 54.1 Å². The summed E-state index contributed by atoms with van der Waals surface area (Å²) in [6.07, 6.45) is 0.132. The Morgan fingerprint density at radius 3 is 2.13 bits per heavy atom. The molecule has 3 amide bonds. The van der Waals surface area contributed by atoms with Gasteiger partial charge in [0.1, 0.15) is 11.9 Å². The number of carbonyl (C=O) groups is 3. The average Bonchev–Trinajstić information content (AvgIpc) is 3.00. The van der Waals surface area contributed by atoms with Crippen LogP contribution in [-0.4, -0.2) is 28.7 Å². The number of fused-ring (bicyclic) bond motifs is 1. The first-order chi connectivity index (χ1) is 14.5. The van der Waals surface area contributed by atoms with Crippen LogP contribution in [-0.2, 0) is 11.2 Å². The van der Waals surface area contributed by atoms with Crippen LogP contribution in [0.4, 0.5) is 10.1 Å². The fraction of sp³-hybridized carbons (Fsp3) is 0.0870. The molecule has 1 atom stereocenters. The highest BCUT2D eigenvalue weighted by atomic mass is 35.5. The quantitative estimate of drug-likeness (QED) is 0.622. The van der Waals surface area contributed by atoms with Gasteiger partial charge in [0.25, 0.3) is 11.8 Å². The zero-order valence-corrected chi connectivity index (χ0v) is 16.4. The fourth-order valence-corrected chi connectivity index (χ4v) is 3.61. The summed E-state index contributed by atoms with van der Waals surface area (Å²) in [4.78, 5) is 40.0. The van der Waals surface area contributed by atoms with E-state index in [0.29, 0.717) is 0 Å². The first kappa shape index (κ1) is 19.8. The second kappa shape index (κ2) is 8.08. The molecular formula is C23H16ClFN2O3. The van der Waals surface area contributed by atoms with Gasteiger partial charge in [-0.15, -0.1) is 0 Å². The van der Waals surface area contributed by atoms with Crippen molar-refractivity contribution in [1.29, 1.82) is 0 Å². The number of halogens is 2. The van der Waals surface area contributed by atoms with Crippen molar-refractivity contribution in [2.75, 3.05) is 5.32 Å². The standard InChI is InChI=1S/C23H16ClFN2O3/c24-18-13-15(10-11-19(18)25)26-21(28)20(12-14-6-2-1-3-7-14)27-22(29)16-8-4-5-9-17(16)23(27)30/h1-11,13,20H,12H2,(H,26,28). The number of rotatable bonds is 5. The van der Waals surface area contributed by atoms with Gasteiger partial charge in [0.2, 0.25) is 5.91 Å². The summed E-state index contributed by atoms with van der Waals surface area (Å²) in [7, 11) is 0. The molecule has 7 heteroatoms. The molecule has 0 aromatic heterocycles. The lowest BCUT2D eigenvalue weighted by Gasteiger charge is -2.25. The van der Waals surface area contributed by atoms with E-state index in [-0.39, 0.29) is 28.3 Å². The van der Waals surface area contributed by atoms with E-state index in [0.717, 1.165) is 16.5 Å². The van der Waals surface area contributed by atoms with Crippen LogP contribution in [0.1, 0.15) is 26.3 Å². The Balaban J connectivity index is 1.68. The molecule has 150 valence electrons. The molecule has 0 saturated heterocycles. The molecule has 0 fully saturated rings. The molecular weight excluding hydrogens is 407 g/mol. The van der Waals surface area contributed by atoms with Crippen LogP contribution >= 0.6 is 11.6 Å². The zero-order chi connectivity index (χ0) is 21.3. The number of amides is 3. The van der Waals surface area contributed by atoms with E-state index in [4.69, 9.17) is 11.6 Å². The van der Waals surface area contributed by atoms with Crippen LogP contribution in [0, 0.1) is 5.82 Å². The summed E-state index contributed by atoms with van der Waals surface area (Å²) in [6.45, 7) is 0. The number of anilines is 1. The molecule has 1 aliphatic rings. The van der Waals surface area contributed by atoms with Crippen LogP contribution < -0.4 is 5.32 Å². The van der Waals surface area contributed by atoms with E-state index in [1.807, 2.05) is 30.3 Å². The normalized spacial score (nSPS) is 13.9. The summed E-state index contributed by atoms with van der Waals surface area (Å²) < 4.78 is 13.4. The van der Waals surface area contributed by atoms with E-state index in [1.165, 1.54) is 12.1 Å². The fourth-order valence-electron chi connectivity index (χ4n) is 3.43. The minimum absolute atomic E-state index is 0.132. The van der Waals surface area contributed by atoms with Crippen molar-refractivity contribution >= 4 is 35.0 Å². The van der Waals surface area contributed by atoms with Crippen molar-refractivity contribution in [2.24, 2.45) is 0 Å². The summed E-state index contributed by atoms with van der Waals surface area (Å²) in [5.41, 5.74) is 1.57. The summed E-state index contributed by atoms with van der Waals surface area (Å²) in [5.74, 6) is -2.24. The Morgan fingerprint density at radius 2 is 1.53 bits per heavy atom. The van der Waals surface area contributed by atoms with Crippen LogP contribution in [0.2, 0.25) is 5.02 Å². The van der Waals surface area contributed by atoms with Crippen LogP contribution in [0.3, 0.4) is 0 Å². The molecule has 1 heterocycles. The Kier molecular flexibility index (Phi) is 5.33. The van der Waals surface area contributed by atoms with Crippen molar-refractivity contribution < 1.29 is 18.8 Å². The second-order valence-corrected chi connectivity index (χ2v) is 7.26. The van der Waals surface area contributed by atoms with Gasteiger partial charge in [-0.3, -0.25) is 19.3 Å². The Hall–Kier alpha value is -3.51. The third-order valence-corrected chi connectivity index (χ3v) is 5.19. The second-order valence-electron chi connectivity index (χ2n) is 6.85. The molecule has 0 saturated carbocycles. The topological polar surface area (TPSA) is 66.5 Å². The maximum Gasteiger partial charge on any atom is 0.262 e. The summed E-state index contributed by atoms with van der Waals surface area (Å²) in [5, 5.41) is 2.49. The van der Waals surface area contributed by atoms with E-state index in [9.17, 15) is 18.8 Å². The predicted molar refractivity (Wildman–Crippen MR) is 111 cm³/mol. The molecule has 0 aliphatic carbocycles. The zero-order valence-electron chi connectivity index (χ0n) is 15.6. The Morgan fingerprint density at radius 1 is 0.933 bits per heavy atom. The molecule has 0 spiro atoms. The number of nitrogens with one attached hydrogen (secondary N) is 1. The minimum atomic E-state index is -1.09. The molecule has 1 aliphatic heterocycles. The number of imide groups is 1. The maximum absolute atomic E-state index is 13.4. The highest BCUT2D eigenvalue weighted by Gasteiger charge is 2.42. The van der Waals surface area contributed by atoms with Crippen molar-refractivity contribution in [3.8, 4) is 0 Å². The van der Waals surface area contributed by atoms with Gasteiger partial charge < -0.3 is 5.32 Å². The van der Waals surface area contributed by atoms with Gasteiger partial charge in [-0.2, -0.15) is 0 Å². The average molecular weight is 423 g/mol. The van der Waals surface area contributed by atoms with Gasteiger partial charge in [0.15, 0.2) is 0 Å². The van der Waals surface area contributed by atoms with E-state index < -0.39 is 29.6 Å². The number of hydrogen-bond acceptors (Lipinski definition) is 3. The first-order valence-electron chi connectivity index (χ1n) is 9.22. The number of nitrogens with zero attached hydrogens (tertiary/aromatic N) is 1. The van der Waals surface area contributed by atoms with Gasteiger partial charge in [0, 0.05) is 12.1 Å². The molecule has 4 rings (SSSR count). The molecule has 3 aromatic carbocycles. The van der Waals surface area contributed by atoms with E-state index in [2.05, 4.69) is 5.32 Å². The monoisotopic (exact) mass is 422 g/mol. The largest absolute Gasteiger partial charge is 0.324 e. The highest BCUT2D eigenvalue weighted by Crippen LogP contribution is 2.27. The molecule has 3 aromatic rings. The van der Waals surface area contributed by atoms with Gasteiger partial charge in [0.05, 0.1) is 16.1 Å². The van der Waals surface area contributed by atoms with Gasteiger partial charge in [-0.05, 0) is 35.9 Å². The van der Waals surface area contributed by atoms with Crippen LogP contribution in [0.15, 0.2) is 72.8 Å². The van der Waals surface area contributed by atoms with Crippen molar-refractivity contribution in [1.82, 2.24) is 4.90 Å². The van der Waals surface area contributed by atoms with Crippen molar-refractivity contribution in [3.05, 3.63) is 100 Å². The lowest BCUT2D eigenvalue weighted by Crippen LogP contribution is -2.48. The molecule has 0 bridgehead atoms. The number of benzene rings is 3. The number of carbonyl (C=O) groups excluding carboxylic acids is 3. The molecule has 30 heavy (non-hydrogen) atoms. The minimum Gasteiger partial charge on any atom is -0.324 e. The lowest BCUT2D eigenvalue weighted by molar-refractivity contribution is -0.119. The lowest BCUT2D eigenvalue weighted by atomic mass is 10.0. The third kappa shape index (κ3) is 3.69. The summed E-state index contributed by atoms with van der Waals surface area (Å²) >= 11 is 5.80. The third-order valence-electron chi connectivity index (χ3n) is 4.90. The predicted octanol–water partition coefficient (Wildman–Crippen LogP) is 4.33. The van der Waals surface area contributed by atoms with Crippen LogP contribution in [0.5, 0.6) is 0 Å². The molecule has 5 nitrogen and oxygen atoms in total. The molecule has 1 unspecified atom stereocenters.